The van der Waals surface area contributed by atoms with E-state index in [0.717, 1.165) is 10.8 Å². The Hall–Kier alpha value is -6.46. The first kappa shape index (κ1) is 32.7. The topological polar surface area (TPSA) is 227 Å². The number of rotatable bonds is 4. The lowest BCUT2D eigenvalue weighted by Gasteiger charge is -2.03. The molecule has 0 bridgehead atoms. The molecular weight excluding hydrogens is 705 g/mol. The predicted octanol–water partition coefficient (Wildman–Crippen LogP) is 1.58. The Bertz CT molecular complexity index is 3340. The molecule has 0 fully saturated rings. The maximum absolute atomic E-state index is 14.0. The third kappa shape index (κ3) is 5.16. The molecule has 8 aromatic rings. The summed E-state index contributed by atoms with van der Waals surface area (Å²) in [4.78, 5) is 34.6. The van der Waals surface area contributed by atoms with Crippen molar-refractivity contribution in [3.8, 4) is 11.4 Å². The van der Waals surface area contributed by atoms with Gasteiger partial charge in [-0.1, -0.05) is 73.8 Å². The number of primary sulfonamides is 2. The fourth-order valence-electron chi connectivity index (χ4n) is 6.59. The van der Waals surface area contributed by atoms with Crippen molar-refractivity contribution in [1.29, 1.82) is 0 Å². The van der Waals surface area contributed by atoms with Gasteiger partial charge < -0.3 is 9.97 Å². The highest BCUT2D eigenvalue weighted by molar-refractivity contribution is 7.89. The van der Waals surface area contributed by atoms with Gasteiger partial charge in [0.2, 0.25) is 20.0 Å². The van der Waals surface area contributed by atoms with E-state index in [2.05, 4.69) is 33.3 Å². The molecule has 52 heavy (non-hydrogen) atoms. The van der Waals surface area contributed by atoms with E-state index >= 15 is 0 Å². The molecule has 260 valence electrons. The fourth-order valence-corrected chi connectivity index (χ4v) is 7.70. The Labute approximate surface area is 292 Å². The third-order valence-corrected chi connectivity index (χ3v) is 10.7. The first-order valence-electron chi connectivity index (χ1n) is 15.6. The Morgan fingerprint density at radius 1 is 0.500 bits per heavy atom. The maximum atomic E-state index is 14.0. The van der Waals surface area contributed by atoms with Crippen molar-refractivity contribution >= 4 is 54.7 Å². The van der Waals surface area contributed by atoms with Gasteiger partial charge >= 0.3 is 0 Å². The van der Waals surface area contributed by atoms with Crippen LogP contribution in [-0.4, -0.2) is 46.4 Å². The summed E-state index contributed by atoms with van der Waals surface area (Å²) in [7, 11) is -8.05. The number of hydrogen-bond acceptors (Lipinski definition) is 6. The normalized spacial score (nSPS) is 14.3. The van der Waals surface area contributed by atoms with E-state index in [4.69, 9.17) is 10.3 Å². The molecule has 0 radical (unpaired) electrons. The van der Waals surface area contributed by atoms with Gasteiger partial charge in [0, 0.05) is 21.5 Å². The molecule has 0 spiro atoms. The largest absolute Gasteiger partial charge is 0.352 e. The number of aromatic nitrogens is 6. The lowest BCUT2D eigenvalue weighted by Crippen LogP contribution is -2.17. The second-order valence-electron chi connectivity index (χ2n) is 12.1. The molecule has 0 atom stereocenters. The summed E-state index contributed by atoms with van der Waals surface area (Å²) in [5.41, 5.74) is -0.455. The summed E-state index contributed by atoms with van der Waals surface area (Å²) in [6.45, 7) is 8.18. The van der Waals surface area contributed by atoms with Crippen LogP contribution in [0.4, 0.5) is 0 Å². The van der Waals surface area contributed by atoms with Crippen LogP contribution in [0.15, 0.2) is 116 Å². The molecule has 14 nitrogen and oxygen atoms in total. The molecule has 0 aliphatic rings. The first-order valence-corrected chi connectivity index (χ1v) is 18.6. The Morgan fingerprint density at radius 3 is 1.19 bits per heavy atom. The van der Waals surface area contributed by atoms with Gasteiger partial charge in [-0.05, 0) is 36.4 Å². The Morgan fingerprint density at radius 2 is 0.846 bits per heavy atom. The zero-order valence-corrected chi connectivity index (χ0v) is 28.6. The van der Waals surface area contributed by atoms with E-state index in [-0.39, 0.29) is 42.3 Å². The molecule has 0 saturated carbocycles. The lowest BCUT2D eigenvalue weighted by molar-refractivity contribution is 0.596. The second kappa shape index (κ2) is 11.5. The van der Waals surface area contributed by atoms with E-state index in [1.807, 2.05) is 48.5 Å². The predicted molar refractivity (Wildman–Crippen MR) is 195 cm³/mol. The average Bonchev–Trinajstić information content (AvgIpc) is 3.84. The van der Waals surface area contributed by atoms with Gasteiger partial charge in [0.25, 0.3) is 11.1 Å². The van der Waals surface area contributed by atoms with Crippen molar-refractivity contribution in [1.82, 2.24) is 29.5 Å². The Balaban J connectivity index is 1.50. The highest BCUT2D eigenvalue weighted by atomic mass is 32.2. The zero-order chi connectivity index (χ0) is 36.7. The van der Waals surface area contributed by atoms with E-state index in [1.54, 1.807) is 12.1 Å². The number of sulfonamides is 2. The standard InChI is InChI=1S/C36H28N8O6S2/c1-19-29(35(45)43(41-19)21-9-7-11-23(17-21)51(37,47)48)31-25-13-3-5-15-27(25)33(39-31)34-28-16-6-4-14-26(28)32(40-34)30-20(2)42-44(36(30)46)22-10-8-12-24(18-22)52(38,49)50/h3-18,39-42H,1-2H2,(H2,37,47,48)(H2,38,49,50). The first-order chi connectivity index (χ1) is 24.7. The Kier molecular flexibility index (Phi) is 7.26. The SMILES string of the molecule is C=c1[nH]n(-c2cccc(S(N)(=O)=O)c2)c(=O)c1=c1[nH]c(=c2[nH]c(=c3c(=C)[nH]n(-c4cccc(S(N)(=O)=O)c4)c3=O)c3ccccc23)c2ccccc12. The summed E-state index contributed by atoms with van der Waals surface area (Å²) >= 11 is 0. The van der Waals surface area contributed by atoms with Gasteiger partial charge in [-0.3, -0.25) is 19.8 Å². The van der Waals surface area contributed by atoms with E-state index in [1.165, 1.54) is 45.8 Å². The summed E-state index contributed by atoms with van der Waals surface area (Å²) in [6.07, 6.45) is 0. The van der Waals surface area contributed by atoms with Gasteiger partial charge in [-0.25, -0.2) is 36.5 Å². The number of H-pyrrole nitrogens is 4. The minimum Gasteiger partial charge on any atom is -0.352 e. The lowest BCUT2D eigenvalue weighted by atomic mass is 10.1. The molecular formula is C36H28N8O6S2. The minimum absolute atomic E-state index is 0.155. The van der Waals surface area contributed by atoms with Crippen molar-refractivity contribution < 1.29 is 16.8 Å². The molecule has 4 aromatic carbocycles. The van der Waals surface area contributed by atoms with E-state index < -0.39 is 31.2 Å². The highest BCUT2D eigenvalue weighted by Crippen LogP contribution is 2.22. The number of aromatic amines is 4. The van der Waals surface area contributed by atoms with Crippen molar-refractivity contribution in [2.24, 2.45) is 10.3 Å². The highest BCUT2D eigenvalue weighted by Gasteiger charge is 2.15. The summed E-state index contributed by atoms with van der Waals surface area (Å²) in [5, 5.41) is 22.7. The van der Waals surface area contributed by atoms with E-state index in [0.29, 0.717) is 32.2 Å². The number of fused-ring (bicyclic) bond motifs is 2. The number of nitrogens with zero attached hydrogens (tertiary/aromatic N) is 2. The van der Waals surface area contributed by atoms with Crippen molar-refractivity contribution in [2.45, 2.75) is 9.79 Å². The van der Waals surface area contributed by atoms with Crippen LogP contribution in [0.1, 0.15) is 0 Å². The van der Waals surface area contributed by atoms with Crippen LogP contribution in [0.2, 0.25) is 0 Å². The monoisotopic (exact) mass is 732 g/mol. The molecule has 4 heterocycles. The second-order valence-corrected chi connectivity index (χ2v) is 15.3. The molecule has 0 saturated heterocycles. The quantitative estimate of drug-likeness (QED) is 0.157. The van der Waals surface area contributed by atoms with Crippen LogP contribution < -0.4 is 32.1 Å². The number of hydrogen-bond donors (Lipinski definition) is 6. The molecule has 8 rings (SSSR count). The van der Waals surface area contributed by atoms with Gasteiger partial charge in [-0.15, -0.1) is 0 Å². The van der Waals surface area contributed by atoms with Crippen LogP contribution >= 0.6 is 0 Å². The fraction of sp³-hybridized carbons (Fsp3) is 0. The van der Waals surface area contributed by atoms with Crippen LogP contribution in [-0.2, 0) is 20.0 Å². The summed E-state index contributed by atoms with van der Waals surface area (Å²) < 4.78 is 50.5. The van der Waals surface area contributed by atoms with Crippen molar-refractivity contribution in [3.63, 3.8) is 0 Å². The third-order valence-electron chi connectivity index (χ3n) is 8.92. The van der Waals surface area contributed by atoms with Crippen molar-refractivity contribution in [2.75, 3.05) is 0 Å². The van der Waals surface area contributed by atoms with Gasteiger partial charge in [-0.2, -0.15) is 0 Å². The van der Waals surface area contributed by atoms with E-state index in [9.17, 15) is 26.4 Å². The van der Waals surface area contributed by atoms with Gasteiger partial charge in [0.05, 0.1) is 63.7 Å². The maximum Gasteiger partial charge on any atom is 0.281 e. The molecule has 0 aliphatic carbocycles. The summed E-state index contributed by atoms with van der Waals surface area (Å²) in [6, 6.07) is 26.3. The summed E-state index contributed by atoms with van der Waals surface area (Å²) in [5.74, 6) is 0. The van der Waals surface area contributed by atoms with Gasteiger partial charge in [0.1, 0.15) is 0 Å². The van der Waals surface area contributed by atoms with Gasteiger partial charge in [0.15, 0.2) is 0 Å². The number of nitrogens with two attached hydrogens (primary N) is 2. The average molecular weight is 733 g/mol. The molecule has 4 aromatic heterocycles. The minimum atomic E-state index is -4.03. The zero-order valence-electron chi connectivity index (χ0n) is 27.0. The van der Waals surface area contributed by atoms with Crippen LogP contribution in [0.25, 0.3) is 46.1 Å². The molecule has 0 amide bonds. The molecule has 0 aliphatic heterocycles. The molecule has 0 unspecified atom stereocenters. The number of nitrogens with one attached hydrogen (secondary N) is 4. The van der Waals surface area contributed by atoms with Crippen LogP contribution in [0.5, 0.6) is 0 Å². The molecule has 16 heteroatoms. The molecule has 8 N–H and O–H groups in total. The number of benzene rings is 4. The van der Waals surface area contributed by atoms with Crippen LogP contribution in [0, 0.1) is 31.8 Å². The smallest absolute Gasteiger partial charge is 0.281 e. The van der Waals surface area contributed by atoms with Crippen LogP contribution in [0.3, 0.4) is 0 Å². The van der Waals surface area contributed by atoms with Crippen molar-refractivity contribution in [3.05, 3.63) is 160 Å².